The lowest BCUT2D eigenvalue weighted by molar-refractivity contribution is -0.150. The molecule has 2 N–H and O–H groups in total. The van der Waals surface area contributed by atoms with Crippen LogP contribution in [0, 0.1) is 0 Å². The van der Waals surface area contributed by atoms with E-state index in [-0.39, 0.29) is 5.66 Å². The minimum Gasteiger partial charge on any atom is -0.464 e. The first-order valence-electron chi connectivity index (χ1n) is 4.88. The van der Waals surface area contributed by atoms with Crippen LogP contribution >= 0.6 is 0 Å². The summed E-state index contributed by atoms with van der Waals surface area (Å²) in [5, 5.41) is 17.7. The molecule has 1 heterocycles. The third kappa shape index (κ3) is 3.35. The summed E-state index contributed by atoms with van der Waals surface area (Å²) in [7, 11) is -1.61. The summed E-state index contributed by atoms with van der Waals surface area (Å²) >= 11 is 0. The molecule has 0 saturated carbocycles. The van der Waals surface area contributed by atoms with Crippen LogP contribution in [0.15, 0.2) is 16.5 Å². The molecule has 0 saturated heterocycles. The van der Waals surface area contributed by atoms with E-state index in [0.717, 1.165) is 0 Å². The average Bonchev–Trinajstić information content (AvgIpc) is 2.66. The Balaban J connectivity index is 2.72. The largest absolute Gasteiger partial charge is 0.526 e. The van der Waals surface area contributed by atoms with Crippen molar-refractivity contribution in [2.75, 3.05) is 13.2 Å². The third-order valence-corrected chi connectivity index (χ3v) is 1.77. The van der Waals surface area contributed by atoms with Gasteiger partial charge in [0.25, 0.3) is 0 Å². The molecule has 0 aliphatic heterocycles. The molecule has 0 spiro atoms. The molecule has 0 radical (unpaired) electrons. The highest BCUT2D eigenvalue weighted by molar-refractivity contribution is 6.56. The van der Waals surface area contributed by atoms with Gasteiger partial charge in [-0.2, -0.15) is 0 Å². The number of ether oxygens (including phenoxy) is 2. The van der Waals surface area contributed by atoms with Crippen LogP contribution in [0.25, 0.3) is 0 Å². The van der Waals surface area contributed by atoms with Gasteiger partial charge in [0.15, 0.2) is 5.76 Å². The van der Waals surface area contributed by atoms with Crippen molar-refractivity contribution in [1.82, 2.24) is 0 Å². The van der Waals surface area contributed by atoms with Gasteiger partial charge < -0.3 is 23.9 Å². The van der Waals surface area contributed by atoms with Gasteiger partial charge >= 0.3 is 7.12 Å². The molecule has 5 nitrogen and oxygen atoms in total. The molecule has 0 aliphatic carbocycles. The molecule has 15 heavy (non-hydrogen) atoms. The van der Waals surface area contributed by atoms with Crippen LogP contribution in [0.5, 0.6) is 0 Å². The minimum absolute atomic E-state index is 0.0782. The Morgan fingerprint density at radius 2 is 1.87 bits per heavy atom. The van der Waals surface area contributed by atoms with Crippen molar-refractivity contribution in [2.24, 2.45) is 0 Å². The van der Waals surface area contributed by atoms with Gasteiger partial charge in [0.05, 0.1) is 0 Å². The van der Waals surface area contributed by atoms with Crippen molar-refractivity contribution >= 4 is 12.8 Å². The SMILES string of the molecule is CCOC(OCC)c1ccc(B(O)O)o1. The fourth-order valence-electron chi connectivity index (χ4n) is 1.15. The number of hydrogen-bond acceptors (Lipinski definition) is 5. The third-order valence-electron chi connectivity index (χ3n) is 1.77. The molecule has 1 aromatic heterocycles. The second-order valence-electron chi connectivity index (χ2n) is 2.86. The first kappa shape index (κ1) is 12.3. The van der Waals surface area contributed by atoms with Gasteiger partial charge in [-0.25, -0.2) is 0 Å². The van der Waals surface area contributed by atoms with Gasteiger partial charge in [0.1, 0.15) is 5.66 Å². The van der Waals surface area contributed by atoms with E-state index in [0.29, 0.717) is 19.0 Å². The molecule has 0 fully saturated rings. The highest BCUT2D eigenvalue weighted by Gasteiger charge is 2.21. The van der Waals surface area contributed by atoms with Gasteiger partial charge in [0, 0.05) is 13.2 Å². The standard InChI is InChI=1S/C9H15BO5/c1-3-13-9(14-4-2)7-5-6-8(15-7)10(11)12/h5-6,9,11-12H,3-4H2,1-2H3. The maximum Gasteiger partial charge on any atom is 0.526 e. The minimum atomic E-state index is -1.61. The molecular weight excluding hydrogens is 199 g/mol. The molecule has 84 valence electrons. The first-order chi connectivity index (χ1) is 7.19. The van der Waals surface area contributed by atoms with E-state index in [1.54, 1.807) is 6.07 Å². The van der Waals surface area contributed by atoms with E-state index in [1.165, 1.54) is 6.07 Å². The van der Waals surface area contributed by atoms with Crippen LogP contribution < -0.4 is 5.66 Å². The van der Waals surface area contributed by atoms with E-state index in [1.807, 2.05) is 13.8 Å². The lowest BCUT2D eigenvalue weighted by Gasteiger charge is -2.13. The molecule has 0 bridgehead atoms. The molecule has 0 unspecified atom stereocenters. The summed E-state index contributed by atoms with van der Waals surface area (Å²) < 4.78 is 15.7. The number of hydrogen-bond donors (Lipinski definition) is 2. The second kappa shape index (κ2) is 5.92. The predicted octanol–water partition coefficient (Wildman–Crippen LogP) is 0.0310. The quantitative estimate of drug-likeness (QED) is 0.516. The Labute approximate surface area is 88.8 Å². The Kier molecular flexibility index (Phi) is 4.84. The summed E-state index contributed by atoms with van der Waals surface area (Å²) in [6, 6.07) is 3.08. The topological polar surface area (TPSA) is 72.1 Å². The van der Waals surface area contributed by atoms with E-state index >= 15 is 0 Å². The Morgan fingerprint density at radius 3 is 2.27 bits per heavy atom. The van der Waals surface area contributed by atoms with Crippen LogP contribution in [0.4, 0.5) is 0 Å². The fraction of sp³-hybridized carbons (Fsp3) is 0.556. The van der Waals surface area contributed by atoms with Crippen molar-refractivity contribution in [2.45, 2.75) is 20.1 Å². The lowest BCUT2D eigenvalue weighted by atomic mass is 9.88. The molecule has 1 aromatic rings. The van der Waals surface area contributed by atoms with Crippen molar-refractivity contribution in [3.05, 3.63) is 17.9 Å². The highest BCUT2D eigenvalue weighted by Crippen LogP contribution is 2.18. The van der Waals surface area contributed by atoms with Crippen molar-refractivity contribution < 1.29 is 23.9 Å². The van der Waals surface area contributed by atoms with Gasteiger partial charge in [0.2, 0.25) is 6.29 Å². The fourth-order valence-corrected chi connectivity index (χ4v) is 1.15. The Bertz CT molecular complexity index is 280. The summed E-state index contributed by atoms with van der Waals surface area (Å²) in [5.41, 5.74) is 0.0782. The summed E-state index contributed by atoms with van der Waals surface area (Å²) in [6.07, 6.45) is -0.590. The number of rotatable bonds is 6. The maximum atomic E-state index is 8.86. The van der Waals surface area contributed by atoms with Crippen LogP contribution in [-0.2, 0) is 9.47 Å². The Morgan fingerprint density at radius 1 is 1.27 bits per heavy atom. The van der Waals surface area contributed by atoms with Crippen LogP contribution in [0.3, 0.4) is 0 Å². The van der Waals surface area contributed by atoms with Crippen molar-refractivity contribution in [1.29, 1.82) is 0 Å². The summed E-state index contributed by atoms with van der Waals surface area (Å²) in [5.74, 6) is 0.432. The van der Waals surface area contributed by atoms with Crippen molar-refractivity contribution in [3.63, 3.8) is 0 Å². The van der Waals surface area contributed by atoms with E-state index < -0.39 is 13.4 Å². The van der Waals surface area contributed by atoms with Crippen LogP contribution in [-0.4, -0.2) is 30.4 Å². The first-order valence-corrected chi connectivity index (χ1v) is 4.88. The van der Waals surface area contributed by atoms with Crippen LogP contribution in [0.2, 0.25) is 0 Å². The second-order valence-corrected chi connectivity index (χ2v) is 2.86. The monoisotopic (exact) mass is 214 g/mol. The maximum absolute atomic E-state index is 8.86. The molecule has 6 heteroatoms. The molecule has 1 rings (SSSR count). The smallest absolute Gasteiger partial charge is 0.464 e. The normalized spacial score (nSPS) is 11.0. The average molecular weight is 214 g/mol. The Hall–Kier alpha value is -0.815. The van der Waals surface area contributed by atoms with E-state index in [2.05, 4.69) is 0 Å². The molecule has 0 aromatic carbocycles. The predicted molar refractivity (Wildman–Crippen MR) is 54.5 cm³/mol. The zero-order chi connectivity index (χ0) is 11.3. The van der Waals surface area contributed by atoms with Crippen LogP contribution in [0.1, 0.15) is 25.9 Å². The molecular formula is C9H15BO5. The number of furan rings is 1. The van der Waals surface area contributed by atoms with Gasteiger partial charge in [-0.05, 0) is 26.0 Å². The summed E-state index contributed by atoms with van der Waals surface area (Å²) in [6.45, 7) is 4.66. The summed E-state index contributed by atoms with van der Waals surface area (Å²) in [4.78, 5) is 0. The zero-order valence-corrected chi connectivity index (χ0v) is 8.84. The molecule has 0 amide bonds. The van der Waals surface area contributed by atoms with Gasteiger partial charge in [-0.15, -0.1) is 0 Å². The van der Waals surface area contributed by atoms with Gasteiger partial charge in [-0.3, -0.25) is 0 Å². The van der Waals surface area contributed by atoms with E-state index in [4.69, 9.17) is 23.9 Å². The lowest BCUT2D eigenvalue weighted by Crippen LogP contribution is -2.28. The molecule has 0 atom stereocenters. The molecule has 0 aliphatic rings. The van der Waals surface area contributed by atoms with Gasteiger partial charge in [-0.1, -0.05) is 0 Å². The highest BCUT2D eigenvalue weighted by atomic mass is 16.7. The van der Waals surface area contributed by atoms with Crippen molar-refractivity contribution in [3.8, 4) is 0 Å². The zero-order valence-electron chi connectivity index (χ0n) is 8.84. The van der Waals surface area contributed by atoms with E-state index in [9.17, 15) is 0 Å².